The first kappa shape index (κ1) is 21.6. The SMILES string of the molecule is N#C/C(=C\c1cn(-c2ccccc2)nc1-c1ccc([N+](=O)[O-])cc1)C(=O)c1c[nH]c2ccccc12. The molecule has 2 aromatic heterocycles. The Morgan fingerprint density at radius 1 is 1.03 bits per heavy atom. The Bertz CT molecular complexity index is 1640. The van der Waals surface area contributed by atoms with Gasteiger partial charge < -0.3 is 4.98 Å². The maximum atomic E-state index is 13.3. The number of nitrogens with zero attached hydrogens (tertiary/aromatic N) is 4. The number of ketones is 1. The van der Waals surface area contributed by atoms with Crippen molar-refractivity contribution < 1.29 is 9.72 Å². The minimum absolute atomic E-state index is 0.0411. The molecule has 2 heterocycles. The van der Waals surface area contributed by atoms with E-state index < -0.39 is 10.7 Å². The summed E-state index contributed by atoms with van der Waals surface area (Å²) in [5.74, 6) is -0.410. The minimum Gasteiger partial charge on any atom is -0.360 e. The van der Waals surface area contributed by atoms with Crippen molar-refractivity contribution in [2.24, 2.45) is 0 Å². The summed E-state index contributed by atoms with van der Waals surface area (Å²) >= 11 is 0. The van der Waals surface area contributed by atoms with Crippen LogP contribution in [-0.2, 0) is 0 Å². The molecule has 0 amide bonds. The summed E-state index contributed by atoms with van der Waals surface area (Å²) in [6.45, 7) is 0. The monoisotopic (exact) mass is 459 g/mol. The Morgan fingerprint density at radius 3 is 2.46 bits per heavy atom. The van der Waals surface area contributed by atoms with Gasteiger partial charge in [0.05, 0.1) is 10.6 Å². The van der Waals surface area contributed by atoms with Crippen molar-refractivity contribution in [2.45, 2.75) is 0 Å². The third-order valence-electron chi connectivity index (χ3n) is 5.61. The van der Waals surface area contributed by atoms with E-state index in [1.54, 1.807) is 29.2 Å². The summed E-state index contributed by atoms with van der Waals surface area (Å²) in [6.07, 6.45) is 4.84. The number of aromatic nitrogens is 3. The van der Waals surface area contributed by atoms with E-state index in [1.807, 2.05) is 60.7 Å². The zero-order valence-corrected chi connectivity index (χ0v) is 18.3. The topological polar surface area (TPSA) is 118 Å². The van der Waals surface area contributed by atoms with Gasteiger partial charge in [0.1, 0.15) is 17.3 Å². The molecule has 0 radical (unpaired) electrons. The smallest absolute Gasteiger partial charge is 0.269 e. The van der Waals surface area contributed by atoms with Crippen molar-refractivity contribution in [1.82, 2.24) is 14.8 Å². The molecular formula is C27H17N5O3. The number of aromatic amines is 1. The Hall–Kier alpha value is -5.29. The first-order valence-corrected chi connectivity index (χ1v) is 10.7. The lowest BCUT2D eigenvalue weighted by Crippen LogP contribution is -2.01. The number of nitro benzene ring substituents is 1. The Morgan fingerprint density at radius 2 is 1.74 bits per heavy atom. The van der Waals surface area contributed by atoms with Crippen LogP contribution < -0.4 is 0 Å². The number of rotatable bonds is 6. The van der Waals surface area contributed by atoms with Crippen LogP contribution in [0.25, 0.3) is 33.9 Å². The molecule has 0 spiro atoms. The van der Waals surface area contributed by atoms with Crippen LogP contribution in [0.3, 0.4) is 0 Å². The molecule has 0 fully saturated rings. The highest BCUT2D eigenvalue weighted by Crippen LogP contribution is 2.29. The van der Waals surface area contributed by atoms with Crippen molar-refractivity contribution in [3.8, 4) is 23.0 Å². The van der Waals surface area contributed by atoms with E-state index in [1.165, 1.54) is 18.2 Å². The van der Waals surface area contributed by atoms with E-state index in [0.29, 0.717) is 22.4 Å². The van der Waals surface area contributed by atoms with Gasteiger partial charge in [-0.2, -0.15) is 10.4 Å². The van der Waals surface area contributed by atoms with Gasteiger partial charge >= 0.3 is 0 Å². The van der Waals surface area contributed by atoms with Crippen molar-refractivity contribution >= 4 is 28.4 Å². The Kier molecular flexibility index (Phi) is 5.49. The predicted molar refractivity (Wildman–Crippen MR) is 132 cm³/mol. The fraction of sp³-hybridized carbons (Fsp3) is 0. The number of non-ortho nitro benzene ring substituents is 1. The van der Waals surface area contributed by atoms with Crippen LogP contribution in [0.2, 0.25) is 0 Å². The highest BCUT2D eigenvalue weighted by atomic mass is 16.6. The maximum Gasteiger partial charge on any atom is 0.269 e. The average molecular weight is 459 g/mol. The number of nitriles is 1. The molecule has 168 valence electrons. The zero-order chi connectivity index (χ0) is 24.4. The normalized spacial score (nSPS) is 11.3. The number of nitrogens with one attached hydrogen (secondary N) is 1. The van der Waals surface area contributed by atoms with E-state index in [4.69, 9.17) is 0 Å². The molecule has 0 bridgehead atoms. The largest absolute Gasteiger partial charge is 0.360 e. The number of para-hydroxylation sites is 2. The van der Waals surface area contributed by atoms with Crippen LogP contribution in [0.5, 0.6) is 0 Å². The highest BCUT2D eigenvalue weighted by molar-refractivity contribution is 6.20. The number of hydrogen-bond acceptors (Lipinski definition) is 5. The highest BCUT2D eigenvalue weighted by Gasteiger charge is 2.19. The van der Waals surface area contributed by atoms with Crippen LogP contribution in [0.15, 0.2) is 96.8 Å². The molecule has 0 aliphatic rings. The third-order valence-corrected chi connectivity index (χ3v) is 5.61. The van der Waals surface area contributed by atoms with E-state index in [9.17, 15) is 20.2 Å². The Balaban J connectivity index is 1.62. The van der Waals surface area contributed by atoms with Crippen molar-refractivity contribution in [3.63, 3.8) is 0 Å². The van der Waals surface area contributed by atoms with E-state index in [2.05, 4.69) is 10.1 Å². The second kappa shape index (κ2) is 8.92. The quantitative estimate of drug-likeness (QED) is 0.115. The molecule has 8 nitrogen and oxygen atoms in total. The number of Topliss-reactive ketones (excluding diaryl/α,β-unsaturated/α-hetero) is 1. The van der Waals surface area contributed by atoms with Crippen LogP contribution in [-0.4, -0.2) is 25.5 Å². The van der Waals surface area contributed by atoms with Gasteiger partial charge in [-0.3, -0.25) is 14.9 Å². The van der Waals surface area contributed by atoms with Gasteiger partial charge in [0.2, 0.25) is 5.78 Å². The van der Waals surface area contributed by atoms with Gasteiger partial charge in [-0.25, -0.2) is 4.68 Å². The molecule has 0 unspecified atom stereocenters. The summed E-state index contributed by atoms with van der Waals surface area (Å²) in [7, 11) is 0. The van der Waals surface area contributed by atoms with Crippen molar-refractivity contribution in [1.29, 1.82) is 5.26 Å². The molecule has 0 aliphatic heterocycles. The van der Waals surface area contributed by atoms with Crippen molar-refractivity contribution in [3.05, 3.63) is 118 Å². The van der Waals surface area contributed by atoms with Crippen molar-refractivity contribution in [2.75, 3.05) is 0 Å². The van der Waals surface area contributed by atoms with Crippen LogP contribution >= 0.6 is 0 Å². The number of carbonyl (C=O) groups is 1. The molecule has 5 aromatic rings. The Labute approximate surface area is 199 Å². The number of H-pyrrole nitrogens is 1. The van der Waals surface area contributed by atoms with Gasteiger partial charge in [0.15, 0.2) is 0 Å². The van der Waals surface area contributed by atoms with Gasteiger partial charge in [0.25, 0.3) is 5.69 Å². The summed E-state index contributed by atoms with van der Waals surface area (Å²) in [5, 5.41) is 26.3. The molecule has 3 aromatic carbocycles. The molecule has 0 aliphatic carbocycles. The van der Waals surface area contributed by atoms with Gasteiger partial charge in [-0.1, -0.05) is 36.4 Å². The summed E-state index contributed by atoms with van der Waals surface area (Å²) in [4.78, 5) is 26.9. The molecule has 8 heteroatoms. The summed E-state index contributed by atoms with van der Waals surface area (Å²) < 4.78 is 1.65. The number of allylic oxidation sites excluding steroid dienone is 1. The minimum atomic E-state index is -0.471. The molecule has 0 saturated heterocycles. The second-order valence-corrected chi connectivity index (χ2v) is 7.76. The number of hydrogen-bond donors (Lipinski definition) is 1. The summed E-state index contributed by atoms with van der Waals surface area (Å²) in [6, 6.07) is 24.8. The lowest BCUT2D eigenvalue weighted by molar-refractivity contribution is -0.384. The van der Waals surface area contributed by atoms with Crippen LogP contribution in [0.4, 0.5) is 5.69 Å². The molecule has 35 heavy (non-hydrogen) atoms. The standard InChI is InChI=1S/C27H17N5O3/c28-15-19(27(33)24-16-29-25-9-5-4-8-23(24)25)14-20-17-31(21-6-2-1-3-7-21)30-26(20)18-10-12-22(13-11-18)32(34)35/h1-14,16-17,29H/b19-14+. The predicted octanol–water partition coefficient (Wildman–Crippen LogP) is 5.72. The zero-order valence-electron chi connectivity index (χ0n) is 18.3. The molecule has 0 atom stereocenters. The van der Waals surface area contributed by atoms with E-state index in [0.717, 1.165) is 16.6 Å². The first-order valence-electron chi connectivity index (χ1n) is 10.7. The number of benzene rings is 3. The lowest BCUT2D eigenvalue weighted by atomic mass is 10.00. The number of carbonyl (C=O) groups excluding carboxylic acids is 1. The number of fused-ring (bicyclic) bond motifs is 1. The summed E-state index contributed by atoms with van der Waals surface area (Å²) in [5.41, 5.74) is 3.55. The van der Waals surface area contributed by atoms with E-state index in [-0.39, 0.29) is 11.3 Å². The fourth-order valence-electron chi connectivity index (χ4n) is 3.88. The van der Waals surface area contributed by atoms with Gasteiger partial charge in [-0.15, -0.1) is 0 Å². The fourth-order valence-corrected chi connectivity index (χ4v) is 3.88. The molecule has 1 N–H and O–H groups in total. The van der Waals surface area contributed by atoms with Crippen LogP contribution in [0.1, 0.15) is 15.9 Å². The third kappa shape index (κ3) is 4.10. The molecular weight excluding hydrogens is 442 g/mol. The first-order chi connectivity index (χ1) is 17.0. The van der Waals surface area contributed by atoms with Crippen LogP contribution in [0, 0.1) is 21.4 Å². The van der Waals surface area contributed by atoms with Gasteiger partial charge in [0, 0.05) is 52.1 Å². The lowest BCUT2D eigenvalue weighted by Gasteiger charge is -2.01. The number of nitro groups is 1. The molecule has 5 rings (SSSR count). The average Bonchev–Trinajstić information content (AvgIpc) is 3.52. The molecule has 0 saturated carbocycles. The van der Waals surface area contributed by atoms with E-state index >= 15 is 0 Å². The maximum absolute atomic E-state index is 13.3. The van der Waals surface area contributed by atoms with Gasteiger partial charge in [-0.05, 0) is 36.4 Å². The second-order valence-electron chi connectivity index (χ2n) is 7.76.